The molecule has 3 rings (SSSR count). The molecule has 0 bridgehead atoms. The largest absolute Gasteiger partial charge is 0.362 e. The van der Waals surface area contributed by atoms with Crippen molar-refractivity contribution in [3.63, 3.8) is 0 Å². The first-order valence-electron chi connectivity index (χ1n) is 8.84. The Balaban J connectivity index is 1.64. The minimum atomic E-state index is 0.000401. The van der Waals surface area contributed by atoms with Crippen molar-refractivity contribution in [3.05, 3.63) is 47.4 Å². The quantitative estimate of drug-likeness (QED) is 0.838. The van der Waals surface area contributed by atoms with Gasteiger partial charge in [0, 0.05) is 12.2 Å². The lowest BCUT2D eigenvalue weighted by molar-refractivity contribution is -0.121. The highest BCUT2D eigenvalue weighted by molar-refractivity contribution is 6.29. The van der Waals surface area contributed by atoms with E-state index in [0.29, 0.717) is 11.0 Å². The van der Waals surface area contributed by atoms with Crippen LogP contribution in [0.1, 0.15) is 31.4 Å². The van der Waals surface area contributed by atoms with E-state index in [1.807, 2.05) is 31.2 Å². The molecule has 0 radical (unpaired) electrons. The van der Waals surface area contributed by atoms with Crippen LogP contribution in [0.3, 0.4) is 0 Å². The number of carbonyl (C=O) groups is 1. The van der Waals surface area contributed by atoms with Gasteiger partial charge in [0.05, 0.1) is 24.4 Å². The van der Waals surface area contributed by atoms with E-state index in [4.69, 9.17) is 11.6 Å². The number of aromatic nitrogens is 2. The van der Waals surface area contributed by atoms with Gasteiger partial charge in [-0.25, -0.2) is 4.98 Å². The normalized spacial score (nSPS) is 19.0. The van der Waals surface area contributed by atoms with Crippen molar-refractivity contribution >= 4 is 29.0 Å². The molecular weight excluding hydrogens is 350 g/mol. The molecule has 1 saturated heterocycles. The number of hydrogen-bond donors (Lipinski definition) is 2. The Morgan fingerprint density at radius 2 is 2.23 bits per heavy atom. The topological polar surface area (TPSA) is 70.1 Å². The van der Waals surface area contributed by atoms with Gasteiger partial charge >= 0.3 is 0 Å². The molecule has 7 heteroatoms. The zero-order chi connectivity index (χ0) is 18.5. The molecule has 26 heavy (non-hydrogen) atoms. The average Bonchev–Trinajstić information content (AvgIpc) is 2.62. The molecule has 0 spiro atoms. The van der Waals surface area contributed by atoms with E-state index in [9.17, 15) is 4.79 Å². The average molecular weight is 374 g/mol. The van der Waals surface area contributed by atoms with Gasteiger partial charge in [0.2, 0.25) is 5.91 Å². The predicted octanol–water partition coefficient (Wildman–Crippen LogP) is 3.58. The summed E-state index contributed by atoms with van der Waals surface area (Å²) in [6, 6.07) is 7.86. The van der Waals surface area contributed by atoms with E-state index in [0.717, 1.165) is 37.2 Å². The zero-order valence-corrected chi connectivity index (χ0v) is 15.8. The molecule has 2 N–H and O–H groups in total. The third kappa shape index (κ3) is 4.93. The van der Waals surface area contributed by atoms with Crippen LogP contribution >= 0.6 is 11.6 Å². The first kappa shape index (κ1) is 18.6. The third-order valence-electron chi connectivity index (χ3n) is 4.62. The molecule has 1 aliphatic heterocycles. The van der Waals surface area contributed by atoms with Crippen molar-refractivity contribution in [2.75, 3.05) is 30.8 Å². The van der Waals surface area contributed by atoms with Gasteiger partial charge in [0.25, 0.3) is 0 Å². The summed E-state index contributed by atoms with van der Waals surface area (Å²) in [5, 5.41) is 6.68. The van der Waals surface area contributed by atoms with E-state index in [-0.39, 0.29) is 17.9 Å². The summed E-state index contributed by atoms with van der Waals surface area (Å²) in [4.78, 5) is 23.0. The second kappa shape index (κ2) is 8.47. The maximum Gasteiger partial charge on any atom is 0.228 e. The number of benzene rings is 1. The fourth-order valence-corrected chi connectivity index (χ4v) is 3.37. The molecule has 2 aromatic rings. The summed E-state index contributed by atoms with van der Waals surface area (Å²) >= 11 is 5.88. The molecule has 1 unspecified atom stereocenters. The van der Waals surface area contributed by atoms with Crippen molar-refractivity contribution < 1.29 is 4.79 Å². The molecule has 0 aliphatic carbocycles. The minimum Gasteiger partial charge on any atom is -0.362 e. The molecule has 0 saturated carbocycles. The van der Waals surface area contributed by atoms with Gasteiger partial charge < -0.3 is 15.5 Å². The molecular formula is C19H24ClN5O. The summed E-state index contributed by atoms with van der Waals surface area (Å²) < 4.78 is 0. The standard InChI is InChI=1S/C19H24ClN5O/c1-13(22-18-11-21-10-17(20)24-18)14-5-3-7-16(9-14)23-19(26)15-6-4-8-25(2)12-15/h3,5,7,9-11,13,15H,4,6,8,12H2,1-2H3,(H,22,24)(H,23,26)/t13-,15?/m0/s1. The van der Waals surface area contributed by atoms with Crippen molar-refractivity contribution in [1.29, 1.82) is 0 Å². The maximum atomic E-state index is 12.5. The molecule has 6 nitrogen and oxygen atoms in total. The van der Waals surface area contributed by atoms with Crippen LogP contribution in [0.15, 0.2) is 36.7 Å². The number of halogens is 1. The summed E-state index contributed by atoms with van der Waals surface area (Å²) in [5.41, 5.74) is 1.86. The van der Waals surface area contributed by atoms with Crippen molar-refractivity contribution in [2.45, 2.75) is 25.8 Å². The van der Waals surface area contributed by atoms with Crippen LogP contribution in [0.2, 0.25) is 5.15 Å². The van der Waals surface area contributed by atoms with Crippen molar-refractivity contribution in [3.8, 4) is 0 Å². The highest BCUT2D eigenvalue weighted by Crippen LogP contribution is 2.23. The molecule has 1 fully saturated rings. The minimum absolute atomic E-state index is 0.000401. The lowest BCUT2D eigenvalue weighted by Gasteiger charge is -2.28. The van der Waals surface area contributed by atoms with Gasteiger partial charge in [-0.2, -0.15) is 0 Å². The van der Waals surface area contributed by atoms with Crippen LogP contribution in [-0.4, -0.2) is 40.9 Å². The number of rotatable bonds is 5. The van der Waals surface area contributed by atoms with Crippen LogP contribution in [0.5, 0.6) is 0 Å². The molecule has 1 aromatic carbocycles. The fraction of sp³-hybridized carbons (Fsp3) is 0.421. The monoisotopic (exact) mass is 373 g/mol. The lowest BCUT2D eigenvalue weighted by atomic mass is 9.97. The first-order chi connectivity index (χ1) is 12.5. The number of anilines is 2. The third-order valence-corrected chi connectivity index (χ3v) is 4.80. The number of amides is 1. The smallest absolute Gasteiger partial charge is 0.228 e. The number of carbonyl (C=O) groups excluding carboxylic acids is 1. The Kier molecular flexibility index (Phi) is 6.06. The van der Waals surface area contributed by atoms with Gasteiger partial charge in [0.1, 0.15) is 11.0 Å². The molecule has 1 amide bonds. The molecule has 1 aliphatic rings. The van der Waals surface area contributed by atoms with Crippen molar-refractivity contribution in [2.24, 2.45) is 5.92 Å². The second-order valence-electron chi connectivity index (χ2n) is 6.81. The highest BCUT2D eigenvalue weighted by Gasteiger charge is 2.24. The van der Waals surface area contributed by atoms with Crippen LogP contribution in [0.25, 0.3) is 0 Å². The predicted molar refractivity (Wildman–Crippen MR) is 104 cm³/mol. The Morgan fingerprint density at radius 1 is 1.38 bits per heavy atom. The summed E-state index contributed by atoms with van der Waals surface area (Å²) in [6.07, 6.45) is 5.14. The Morgan fingerprint density at radius 3 is 3.00 bits per heavy atom. The Labute approximate surface area is 159 Å². The van der Waals surface area contributed by atoms with Gasteiger partial charge in [-0.15, -0.1) is 0 Å². The number of likely N-dealkylation sites (tertiary alicyclic amines) is 1. The highest BCUT2D eigenvalue weighted by atomic mass is 35.5. The molecule has 1 aromatic heterocycles. The second-order valence-corrected chi connectivity index (χ2v) is 7.20. The van der Waals surface area contributed by atoms with Crippen LogP contribution < -0.4 is 10.6 Å². The zero-order valence-electron chi connectivity index (χ0n) is 15.1. The Bertz CT molecular complexity index is 769. The van der Waals surface area contributed by atoms with E-state index in [1.54, 1.807) is 6.20 Å². The van der Waals surface area contributed by atoms with Crippen molar-refractivity contribution in [1.82, 2.24) is 14.9 Å². The van der Waals surface area contributed by atoms with Gasteiger partial charge in [-0.3, -0.25) is 9.78 Å². The molecule has 138 valence electrons. The summed E-state index contributed by atoms with van der Waals surface area (Å²) in [6.45, 7) is 3.91. The number of hydrogen-bond acceptors (Lipinski definition) is 5. The number of nitrogens with one attached hydrogen (secondary N) is 2. The maximum absolute atomic E-state index is 12.5. The summed E-state index contributed by atoms with van der Waals surface area (Å²) in [7, 11) is 2.06. The molecule has 2 heterocycles. The number of piperidine rings is 1. The van der Waals surface area contributed by atoms with Crippen LogP contribution in [0, 0.1) is 5.92 Å². The van der Waals surface area contributed by atoms with Crippen LogP contribution in [-0.2, 0) is 4.79 Å². The van der Waals surface area contributed by atoms with Gasteiger partial charge in [0.15, 0.2) is 0 Å². The van der Waals surface area contributed by atoms with Crippen LogP contribution in [0.4, 0.5) is 11.5 Å². The van der Waals surface area contributed by atoms with E-state index in [2.05, 4.69) is 32.5 Å². The van der Waals surface area contributed by atoms with E-state index in [1.165, 1.54) is 6.20 Å². The summed E-state index contributed by atoms with van der Waals surface area (Å²) in [5.74, 6) is 0.759. The lowest BCUT2D eigenvalue weighted by Crippen LogP contribution is -2.38. The van der Waals surface area contributed by atoms with Gasteiger partial charge in [-0.1, -0.05) is 23.7 Å². The fourth-order valence-electron chi connectivity index (χ4n) is 3.23. The molecule has 2 atom stereocenters. The van der Waals surface area contributed by atoms with E-state index < -0.39 is 0 Å². The SMILES string of the molecule is C[C@H](Nc1cncc(Cl)n1)c1cccc(NC(=O)C2CCCN(C)C2)c1. The van der Waals surface area contributed by atoms with E-state index >= 15 is 0 Å². The first-order valence-corrected chi connectivity index (χ1v) is 9.22. The Hall–Kier alpha value is -2.18. The number of nitrogens with zero attached hydrogens (tertiary/aromatic N) is 3. The van der Waals surface area contributed by atoms with Gasteiger partial charge in [-0.05, 0) is 51.1 Å².